The lowest BCUT2D eigenvalue weighted by Crippen LogP contribution is -2.53. The van der Waals surface area contributed by atoms with Crippen LogP contribution in [0.15, 0.2) is 24.4 Å². The number of hydroxylamine groups is 2. The van der Waals surface area contributed by atoms with Gasteiger partial charge >= 0.3 is 0 Å². The van der Waals surface area contributed by atoms with Gasteiger partial charge in [0.15, 0.2) is 0 Å². The molecule has 0 spiro atoms. The number of hydrogen-bond donors (Lipinski definition) is 0. The van der Waals surface area contributed by atoms with Gasteiger partial charge in [0.05, 0.1) is 24.3 Å². The summed E-state index contributed by atoms with van der Waals surface area (Å²) in [4.78, 5) is 25.2. The highest BCUT2D eigenvalue weighted by Crippen LogP contribution is 2.33. The van der Waals surface area contributed by atoms with Crippen LogP contribution >= 0.6 is 0 Å². The average molecular weight is 331 g/mol. The van der Waals surface area contributed by atoms with Crippen LogP contribution < -0.4 is 0 Å². The molecular formula is C18H25N3O3. The lowest BCUT2D eigenvalue weighted by atomic mass is 9.89. The summed E-state index contributed by atoms with van der Waals surface area (Å²) in [5.41, 5.74) is 1.05. The highest BCUT2D eigenvalue weighted by molar-refractivity contribution is 5.78. The number of hydrogen-bond acceptors (Lipinski definition) is 5. The monoisotopic (exact) mass is 331 g/mol. The summed E-state index contributed by atoms with van der Waals surface area (Å²) in [6, 6.07) is 6.39. The second-order valence-corrected chi connectivity index (χ2v) is 6.93. The van der Waals surface area contributed by atoms with Gasteiger partial charge in [0.25, 0.3) is 5.91 Å². The van der Waals surface area contributed by atoms with Gasteiger partial charge in [-0.05, 0) is 37.8 Å². The number of amides is 1. The van der Waals surface area contributed by atoms with E-state index >= 15 is 0 Å². The van der Waals surface area contributed by atoms with E-state index < -0.39 is 0 Å². The molecule has 1 aromatic rings. The summed E-state index contributed by atoms with van der Waals surface area (Å²) in [5.74, 6) is 0.0702. The van der Waals surface area contributed by atoms with E-state index in [1.54, 1.807) is 5.06 Å². The van der Waals surface area contributed by atoms with E-state index in [-0.39, 0.29) is 17.9 Å². The molecule has 4 rings (SSSR count). The Bertz CT molecular complexity index is 562. The Labute approximate surface area is 142 Å². The molecule has 1 aromatic heterocycles. The van der Waals surface area contributed by atoms with E-state index in [2.05, 4.69) is 9.88 Å². The fourth-order valence-electron chi connectivity index (χ4n) is 4.09. The molecule has 4 heterocycles. The van der Waals surface area contributed by atoms with E-state index in [0.29, 0.717) is 19.2 Å². The van der Waals surface area contributed by atoms with Gasteiger partial charge in [-0.15, -0.1) is 0 Å². The first-order chi connectivity index (χ1) is 11.8. The molecule has 6 nitrogen and oxygen atoms in total. The first kappa shape index (κ1) is 16.0. The Morgan fingerprint density at radius 1 is 1.29 bits per heavy atom. The van der Waals surface area contributed by atoms with Crippen LogP contribution in [0.4, 0.5) is 0 Å². The summed E-state index contributed by atoms with van der Waals surface area (Å²) in [6.07, 6.45) is 5.89. The molecule has 24 heavy (non-hydrogen) atoms. The number of aromatic nitrogens is 1. The van der Waals surface area contributed by atoms with E-state index in [9.17, 15) is 4.79 Å². The van der Waals surface area contributed by atoms with Crippen molar-refractivity contribution in [2.24, 2.45) is 5.92 Å². The maximum atomic E-state index is 12.8. The summed E-state index contributed by atoms with van der Waals surface area (Å²) in [7, 11) is 0. The second-order valence-electron chi connectivity index (χ2n) is 6.93. The predicted molar refractivity (Wildman–Crippen MR) is 87.8 cm³/mol. The SMILES string of the molecule is O=C([C@H]1C[C@H]2OCC[C@H]2N(Cc2ccccn2)C1)N1CCCCO1. The largest absolute Gasteiger partial charge is 0.377 e. The Hall–Kier alpha value is -1.50. The number of rotatable bonds is 3. The molecule has 6 heteroatoms. The second kappa shape index (κ2) is 7.17. The number of pyridine rings is 1. The van der Waals surface area contributed by atoms with Crippen LogP contribution in [0.25, 0.3) is 0 Å². The van der Waals surface area contributed by atoms with E-state index in [1.807, 2.05) is 24.4 Å². The molecule has 1 amide bonds. The van der Waals surface area contributed by atoms with Crippen LogP contribution in [0.1, 0.15) is 31.4 Å². The summed E-state index contributed by atoms with van der Waals surface area (Å²) >= 11 is 0. The van der Waals surface area contributed by atoms with E-state index in [4.69, 9.17) is 9.57 Å². The van der Waals surface area contributed by atoms with Crippen molar-refractivity contribution in [1.82, 2.24) is 14.9 Å². The minimum Gasteiger partial charge on any atom is -0.377 e. The van der Waals surface area contributed by atoms with Crippen molar-refractivity contribution in [1.29, 1.82) is 0 Å². The van der Waals surface area contributed by atoms with Crippen LogP contribution in [0.5, 0.6) is 0 Å². The number of ether oxygens (including phenoxy) is 1. The molecule has 3 aliphatic heterocycles. The number of nitrogens with zero attached hydrogens (tertiary/aromatic N) is 3. The maximum Gasteiger partial charge on any atom is 0.250 e. The number of likely N-dealkylation sites (tertiary alicyclic amines) is 1. The van der Waals surface area contributed by atoms with Gasteiger partial charge in [0.2, 0.25) is 0 Å². The third kappa shape index (κ3) is 3.31. The molecule has 3 fully saturated rings. The highest BCUT2D eigenvalue weighted by atomic mass is 16.7. The van der Waals surface area contributed by atoms with Crippen LogP contribution in [-0.4, -0.2) is 59.3 Å². The topological polar surface area (TPSA) is 54.9 Å². The van der Waals surface area contributed by atoms with Crippen LogP contribution in [0, 0.1) is 5.92 Å². The number of carbonyl (C=O) groups excluding carboxylic acids is 1. The highest BCUT2D eigenvalue weighted by Gasteiger charge is 2.43. The van der Waals surface area contributed by atoms with Gasteiger partial charge in [0, 0.05) is 38.5 Å². The summed E-state index contributed by atoms with van der Waals surface area (Å²) in [6.45, 7) is 3.69. The molecule has 0 N–H and O–H groups in total. The van der Waals surface area contributed by atoms with Gasteiger partial charge in [-0.25, -0.2) is 5.06 Å². The normalized spacial score (nSPS) is 31.0. The van der Waals surface area contributed by atoms with Crippen LogP contribution in [0.3, 0.4) is 0 Å². The number of piperidine rings is 1. The zero-order valence-corrected chi connectivity index (χ0v) is 14.0. The van der Waals surface area contributed by atoms with Crippen molar-refractivity contribution < 1.29 is 14.4 Å². The third-order valence-electron chi connectivity index (χ3n) is 5.30. The van der Waals surface area contributed by atoms with Crippen molar-refractivity contribution in [3.63, 3.8) is 0 Å². The molecule has 0 aliphatic carbocycles. The zero-order valence-electron chi connectivity index (χ0n) is 14.0. The van der Waals surface area contributed by atoms with E-state index in [0.717, 1.165) is 51.1 Å². The zero-order chi connectivity index (χ0) is 16.4. The van der Waals surface area contributed by atoms with Gasteiger partial charge < -0.3 is 4.74 Å². The predicted octanol–water partition coefficient (Wildman–Crippen LogP) is 1.61. The Morgan fingerprint density at radius 2 is 2.25 bits per heavy atom. The molecular weight excluding hydrogens is 306 g/mol. The first-order valence-electron chi connectivity index (χ1n) is 9.01. The third-order valence-corrected chi connectivity index (χ3v) is 5.30. The number of fused-ring (bicyclic) bond motifs is 1. The van der Waals surface area contributed by atoms with Crippen molar-refractivity contribution in [3.8, 4) is 0 Å². The van der Waals surface area contributed by atoms with Crippen molar-refractivity contribution in [3.05, 3.63) is 30.1 Å². The Balaban J connectivity index is 1.47. The minimum atomic E-state index is -0.0498. The lowest BCUT2D eigenvalue weighted by molar-refractivity contribution is -0.204. The first-order valence-corrected chi connectivity index (χ1v) is 9.01. The lowest BCUT2D eigenvalue weighted by Gasteiger charge is -2.41. The summed E-state index contributed by atoms with van der Waals surface area (Å²) < 4.78 is 5.92. The minimum absolute atomic E-state index is 0.0498. The molecule has 130 valence electrons. The quantitative estimate of drug-likeness (QED) is 0.842. The van der Waals surface area contributed by atoms with Gasteiger partial charge in [-0.2, -0.15) is 0 Å². The maximum absolute atomic E-state index is 12.8. The molecule has 0 unspecified atom stereocenters. The standard InChI is InChI=1S/C18H25N3O3/c22-18(21-8-3-4-9-24-21)14-11-17-16(6-10-23-17)20(12-14)13-15-5-1-2-7-19-15/h1-2,5,7,14,16-17H,3-4,6,8-13H2/t14-,16+,17+/m0/s1. The fraction of sp³-hybridized carbons (Fsp3) is 0.667. The molecule has 0 bridgehead atoms. The smallest absolute Gasteiger partial charge is 0.250 e. The van der Waals surface area contributed by atoms with Gasteiger partial charge in [-0.1, -0.05) is 6.07 Å². The molecule has 3 atom stereocenters. The van der Waals surface area contributed by atoms with Crippen molar-refractivity contribution in [2.45, 2.75) is 44.4 Å². The fourth-order valence-corrected chi connectivity index (χ4v) is 4.09. The van der Waals surface area contributed by atoms with Gasteiger partial charge in [0.1, 0.15) is 0 Å². The average Bonchev–Trinajstić information content (AvgIpc) is 3.11. The molecule has 0 aromatic carbocycles. The number of carbonyl (C=O) groups is 1. The molecule has 3 saturated heterocycles. The van der Waals surface area contributed by atoms with Crippen molar-refractivity contribution in [2.75, 3.05) is 26.3 Å². The molecule has 3 aliphatic rings. The van der Waals surface area contributed by atoms with E-state index in [1.165, 1.54) is 0 Å². The van der Waals surface area contributed by atoms with Crippen molar-refractivity contribution >= 4 is 5.91 Å². The Morgan fingerprint density at radius 3 is 3.04 bits per heavy atom. The van der Waals surface area contributed by atoms with Crippen LogP contribution in [0.2, 0.25) is 0 Å². The summed E-state index contributed by atoms with van der Waals surface area (Å²) in [5, 5.41) is 1.59. The van der Waals surface area contributed by atoms with Gasteiger partial charge in [-0.3, -0.25) is 19.5 Å². The Kier molecular flexibility index (Phi) is 4.78. The molecule has 0 radical (unpaired) electrons. The molecule has 0 saturated carbocycles. The van der Waals surface area contributed by atoms with Crippen LogP contribution in [-0.2, 0) is 20.9 Å².